The van der Waals surface area contributed by atoms with Crippen molar-refractivity contribution >= 4 is 17.9 Å². The number of unbranched alkanes of at least 4 members (excludes halogenated alkanes) is 31. The van der Waals surface area contributed by atoms with Gasteiger partial charge in [0, 0.05) is 19.3 Å². The van der Waals surface area contributed by atoms with E-state index in [9.17, 15) is 14.4 Å². The van der Waals surface area contributed by atoms with Gasteiger partial charge in [0.2, 0.25) is 0 Å². The van der Waals surface area contributed by atoms with E-state index in [1.807, 2.05) is 0 Å². The van der Waals surface area contributed by atoms with Crippen molar-refractivity contribution < 1.29 is 28.6 Å². The molecular formula is C55H100O6. The zero-order chi connectivity index (χ0) is 44.4. The third-order valence-electron chi connectivity index (χ3n) is 11.6. The fourth-order valence-corrected chi connectivity index (χ4v) is 7.53. The summed E-state index contributed by atoms with van der Waals surface area (Å²) in [5.74, 6) is -0.887. The summed E-state index contributed by atoms with van der Waals surface area (Å²) in [4.78, 5) is 37.9. The molecule has 0 saturated heterocycles. The highest BCUT2D eigenvalue weighted by molar-refractivity contribution is 5.71. The Morgan fingerprint density at radius 3 is 0.885 bits per heavy atom. The molecule has 0 saturated carbocycles. The minimum absolute atomic E-state index is 0.0776. The smallest absolute Gasteiger partial charge is 0.306 e. The maximum Gasteiger partial charge on any atom is 0.306 e. The SMILES string of the molecule is CCCC/C=C\CCCCCCCC(=O)O[C@@H](COC(=O)CCCCCCCCC/C=C\CCCCCC)COC(=O)CCCCCCCCC/C=C\CCCCCCCC. The highest BCUT2D eigenvalue weighted by Gasteiger charge is 2.19. The van der Waals surface area contributed by atoms with E-state index in [2.05, 4.69) is 57.2 Å². The summed E-state index contributed by atoms with van der Waals surface area (Å²) in [6.45, 7) is 6.59. The number of esters is 3. The molecule has 6 heteroatoms. The van der Waals surface area contributed by atoms with E-state index in [1.54, 1.807) is 0 Å². The van der Waals surface area contributed by atoms with Crippen molar-refractivity contribution in [1.82, 2.24) is 0 Å². The third-order valence-corrected chi connectivity index (χ3v) is 11.6. The Bertz CT molecular complexity index is 1030. The van der Waals surface area contributed by atoms with Gasteiger partial charge in [0.15, 0.2) is 6.10 Å². The number of carbonyl (C=O) groups is 3. The topological polar surface area (TPSA) is 78.9 Å². The summed E-state index contributed by atoms with van der Waals surface area (Å²) in [5.41, 5.74) is 0. The van der Waals surface area contributed by atoms with E-state index < -0.39 is 6.10 Å². The first-order valence-electron chi connectivity index (χ1n) is 26.5. The van der Waals surface area contributed by atoms with Gasteiger partial charge in [-0.2, -0.15) is 0 Å². The van der Waals surface area contributed by atoms with Crippen molar-refractivity contribution in [2.75, 3.05) is 13.2 Å². The zero-order valence-corrected chi connectivity index (χ0v) is 40.7. The second-order valence-electron chi connectivity index (χ2n) is 17.8. The number of hydrogen-bond acceptors (Lipinski definition) is 6. The van der Waals surface area contributed by atoms with Gasteiger partial charge in [-0.1, -0.05) is 205 Å². The molecule has 0 aliphatic rings. The maximum atomic E-state index is 12.8. The molecule has 0 unspecified atom stereocenters. The van der Waals surface area contributed by atoms with Crippen LogP contribution in [0.5, 0.6) is 0 Å². The Morgan fingerprint density at radius 1 is 0.311 bits per heavy atom. The molecule has 0 N–H and O–H groups in total. The quantitative estimate of drug-likeness (QED) is 0.0262. The van der Waals surface area contributed by atoms with Crippen LogP contribution in [0.3, 0.4) is 0 Å². The van der Waals surface area contributed by atoms with E-state index in [1.165, 1.54) is 167 Å². The predicted molar refractivity (Wildman–Crippen MR) is 261 cm³/mol. The van der Waals surface area contributed by atoms with E-state index in [-0.39, 0.29) is 31.1 Å². The second-order valence-corrected chi connectivity index (χ2v) is 17.8. The van der Waals surface area contributed by atoms with Gasteiger partial charge >= 0.3 is 17.9 Å². The molecule has 0 aromatic carbocycles. The maximum absolute atomic E-state index is 12.8. The molecule has 0 aliphatic heterocycles. The minimum Gasteiger partial charge on any atom is -0.462 e. The standard InChI is InChI=1S/C55H100O6/c1-4-7-10-13-16-19-22-24-26-27-29-31-34-36-39-42-45-48-54(57)60-51-52(61-55(58)49-46-43-40-37-32-21-18-15-12-9-6-3)50-59-53(56)47-44-41-38-35-33-30-28-25-23-20-17-14-11-8-5-2/h15,18,20,23-24,26,52H,4-14,16-17,19,21-22,25,27-51H2,1-3H3/b18-15-,23-20-,26-24-/t52-/m0/s1. The van der Waals surface area contributed by atoms with Crippen molar-refractivity contribution in [3.05, 3.63) is 36.5 Å². The summed E-state index contributed by atoms with van der Waals surface area (Å²) in [7, 11) is 0. The first-order chi connectivity index (χ1) is 30.0. The summed E-state index contributed by atoms with van der Waals surface area (Å²) in [5, 5.41) is 0. The Hall–Kier alpha value is -2.37. The molecule has 0 rings (SSSR count). The summed E-state index contributed by atoms with van der Waals surface area (Å²) < 4.78 is 16.8. The lowest BCUT2D eigenvalue weighted by Crippen LogP contribution is -2.30. The van der Waals surface area contributed by atoms with Gasteiger partial charge in [0.05, 0.1) is 0 Å². The van der Waals surface area contributed by atoms with Crippen LogP contribution in [0.25, 0.3) is 0 Å². The van der Waals surface area contributed by atoms with Gasteiger partial charge in [0.1, 0.15) is 13.2 Å². The molecule has 6 nitrogen and oxygen atoms in total. The van der Waals surface area contributed by atoms with E-state index >= 15 is 0 Å². The van der Waals surface area contributed by atoms with Crippen LogP contribution in [0, 0.1) is 0 Å². The molecule has 0 heterocycles. The van der Waals surface area contributed by atoms with Gasteiger partial charge in [-0.25, -0.2) is 0 Å². The summed E-state index contributed by atoms with van der Waals surface area (Å²) in [6, 6.07) is 0. The average Bonchev–Trinajstić information content (AvgIpc) is 3.26. The fraction of sp³-hybridized carbons (Fsp3) is 0.836. The van der Waals surface area contributed by atoms with Crippen LogP contribution >= 0.6 is 0 Å². The predicted octanol–water partition coefficient (Wildman–Crippen LogP) is 17.3. The molecule has 61 heavy (non-hydrogen) atoms. The number of ether oxygens (including phenoxy) is 3. The van der Waals surface area contributed by atoms with Crippen LogP contribution < -0.4 is 0 Å². The van der Waals surface area contributed by atoms with Crippen LogP contribution in [0.4, 0.5) is 0 Å². The Balaban J connectivity index is 4.33. The molecule has 356 valence electrons. The van der Waals surface area contributed by atoms with Gasteiger partial charge in [-0.15, -0.1) is 0 Å². The lowest BCUT2D eigenvalue weighted by atomic mass is 10.1. The number of hydrogen-bond donors (Lipinski definition) is 0. The lowest BCUT2D eigenvalue weighted by molar-refractivity contribution is -0.167. The van der Waals surface area contributed by atoms with Crippen molar-refractivity contribution in [2.24, 2.45) is 0 Å². The number of rotatable bonds is 48. The van der Waals surface area contributed by atoms with E-state index in [0.717, 1.165) is 70.6 Å². The third kappa shape index (κ3) is 48.5. The molecule has 0 aromatic heterocycles. The molecule has 0 aromatic rings. The molecule has 0 radical (unpaired) electrons. The largest absolute Gasteiger partial charge is 0.462 e. The zero-order valence-electron chi connectivity index (χ0n) is 40.7. The Labute approximate surface area is 378 Å². The molecule has 0 bridgehead atoms. The summed E-state index contributed by atoms with van der Waals surface area (Å²) >= 11 is 0. The average molecular weight is 857 g/mol. The highest BCUT2D eigenvalue weighted by atomic mass is 16.6. The molecule has 0 amide bonds. The van der Waals surface area contributed by atoms with Crippen molar-refractivity contribution in [3.8, 4) is 0 Å². The highest BCUT2D eigenvalue weighted by Crippen LogP contribution is 2.15. The summed E-state index contributed by atoms with van der Waals surface area (Å²) in [6.07, 6.45) is 58.4. The van der Waals surface area contributed by atoms with Gasteiger partial charge < -0.3 is 14.2 Å². The number of allylic oxidation sites excluding steroid dienone is 6. The van der Waals surface area contributed by atoms with Crippen LogP contribution in [0.2, 0.25) is 0 Å². The molecule has 0 fully saturated rings. The molecular weight excluding hydrogens is 757 g/mol. The normalized spacial score (nSPS) is 12.2. The van der Waals surface area contributed by atoms with Crippen molar-refractivity contribution in [2.45, 2.75) is 284 Å². The van der Waals surface area contributed by atoms with Crippen LogP contribution in [-0.4, -0.2) is 37.2 Å². The first kappa shape index (κ1) is 58.6. The molecule has 0 spiro atoms. The Morgan fingerprint density at radius 2 is 0.557 bits per heavy atom. The van der Waals surface area contributed by atoms with Gasteiger partial charge in [-0.05, 0) is 89.9 Å². The van der Waals surface area contributed by atoms with Crippen molar-refractivity contribution in [3.63, 3.8) is 0 Å². The molecule has 0 aliphatic carbocycles. The van der Waals surface area contributed by atoms with Crippen LogP contribution in [0.15, 0.2) is 36.5 Å². The van der Waals surface area contributed by atoms with E-state index in [4.69, 9.17) is 14.2 Å². The van der Waals surface area contributed by atoms with Crippen molar-refractivity contribution in [1.29, 1.82) is 0 Å². The lowest BCUT2D eigenvalue weighted by Gasteiger charge is -2.18. The number of carbonyl (C=O) groups excluding carboxylic acids is 3. The van der Waals surface area contributed by atoms with Crippen LogP contribution in [-0.2, 0) is 28.6 Å². The second kappa shape index (κ2) is 50.3. The van der Waals surface area contributed by atoms with E-state index in [0.29, 0.717) is 19.3 Å². The Kier molecular flexibility index (Phi) is 48.3. The fourth-order valence-electron chi connectivity index (χ4n) is 7.53. The molecule has 1 atom stereocenters. The first-order valence-corrected chi connectivity index (χ1v) is 26.5. The minimum atomic E-state index is -0.777. The monoisotopic (exact) mass is 857 g/mol. The van der Waals surface area contributed by atoms with Gasteiger partial charge in [-0.3, -0.25) is 14.4 Å². The van der Waals surface area contributed by atoms with Crippen LogP contribution in [0.1, 0.15) is 278 Å². The van der Waals surface area contributed by atoms with Gasteiger partial charge in [0.25, 0.3) is 0 Å².